The molecule has 0 saturated heterocycles. The summed E-state index contributed by atoms with van der Waals surface area (Å²) in [7, 11) is 0. The average molecular weight is 933 g/mol. The second kappa shape index (κ2) is 15.6. The Hall–Kier alpha value is -5.80. The first-order chi connectivity index (χ1) is 33.1. The quantitative estimate of drug-likeness (QED) is 0.163. The monoisotopic (exact) mass is 933 g/mol. The Morgan fingerprint density at radius 3 is 1.41 bits per heavy atom. The van der Waals surface area contributed by atoms with Gasteiger partial charge >= 0.3 is 0 Å². The molecule has 0 bridgehead atoms. The van der Waals surface area contributed by atoms with Gasteiger partial charge in [0.25, 0.3) is 6.71 Å². The third-order valence-corrected chi connectivity index (χ3v) is 17.0. The van der Waals surface area contributed by atoms with Crippen LogP contribution in [-0.4, -0.2) is 6.71 Å². The fourth-order valence-corrected chi connectivity index (χ4v) is 12.5. The van der Waals surface area contributed by atoms with Crippen LogP contribution in [-0.2, 0) is 45.3 Å². The lowest BCUT2D eigenvalue weighted by atomic mass is 9.33. The summed E-state index contributed by atoms with van der Waals surface area (Å²) in [6.07, 6.45) is 3.56. The highest BCUT2D eigenvalue weighted by molar-refractivity contribution is 7.00. The maximum absolute atomic E-state index is 2.68. The summed E-state index contributed by atoms with van der Waals surface area (Å²) in [5.74, 6) is 0. The van der Waals surface area contributed by atoms with Gasteiger partial charge in [-0.1, -0.05) is 190 Å². The van der Waals surface area contributed by atoms with E-state index in [2.05, 4.69) is 249 Å². The molecule has 0 radical (unpaired) electrons. The minimum atomic E-state index is -0.141. The second-order valence-electron chi connectivity index (χ2n) is 27.5. The fraction of sp³-hybridized carbons (Fsp3) is 0.382. The molecule has 0 aromatic heterocycles. The van der Waals surface area contributed by atoms with Crippen molar-refractivity contribution in [2.45, 2.75) is 169 Å². The summed E-state index contributed by atoms with van der Waals surface area (Å²) in [6, 6.07) is 49.3. The Labute approximate surface area is 428 Å². The van der Waals surface area contributed by atoms with Crippen molar-refractivity contribution >= 4 is 57.2 Å². The van der Waals surface area contributed by atoms with E-state index < -0.39 is 0 Å². The Balaban J connectivity index is 1.29. The molecule has 4 aliphatic rings. The first kappa shape index (κ1) is 47.5. The molecule has 2 heterocycles. The molecule has 0 N–H and O–H groups in total. The summed E-state index contributed by atoms with van der Waals surface area (Å²) in [4.78, 5) is 5.29. The van der Waals surface area contributed by atoms with Gasteiger partial charge in [0.1, 0.15) is 0 Å². The SMILES string of the molecule is CC(C)(C)c1ccc(N2c3ccc(C(C)(C)C)cc3B3c4cc5c(cc4N(c4ccc(C(C)(C)C)cc4)c4cc(-c6cc(C(C)(C)C)cc(C(C)(C)C)c6)cc2c43)-c2c(ccc3c2CCC3)C5(C)C)cc1. The van der Waals surface area contributed by atoms with Crippen LogP contribution in [0.3, 0.4) is 0 Å². The van der Waals surface area contributed by atoms with Crippen LogP contribution in [0, 0.1) is 0 Å². The molecule has 7 aromatic carbocycles. The van der Waals surface area contributed by atoms with Crippen LogP contribution in [0.15, 0.2) is 121 Å². The number of nitrogens with zero attached hydrogens (tertiary/aromatic N) is 2. The lowest BCUT2D eigenvalue weighted by Gasteiger charge is -2.45. The molecule has 0 saturated carbocycles. The van der Waals surface area contributed by atoms with Crippen LogP contribution < -0.4 is 26.2 Å². The van der Waals surface area contributed by atoms with Gasteiger partial charge in [-0.25, -0.2) is 0 Å². The number of fused-ring (bicyclic) bond motifs is 9. The van der Waals surface area contributed by atoms with Gasteiger partial charge in [0.15, 0.2) is 0 Å². The molecule has 7 aromatic rings. The first-order valence-corrected chi connectivity index (χ1v) is 26.7. The van der Waals surface area contributed by atoms with Crippen molar-refractivity contribution in [1.29, 1.82) is 0 Å². The van der Waals surface area contributed by atoms with Gasteiger partial charge in [-0.3, -0.25) is 0 Å². The van der Waals surface area contributed by atoms with Crippen molar-refractivity contribution in [3.05, 3.63) is 171 Å². The minimum Gasteiger partial charge on any atom is -0.311 e. The van der Waals surface area contributed by atoms with Crippen LogP contribution in [0.25, 0.3) is 22.3 Å². The van der Waals surface area contributed by atoms with E-state index in [0.29, 0.717) is 0 Å². The zero-order valence-corrected chi connectivity index (χ0v) is 46.1. The molecule has 71 heavy (non-hydrogen) atoms. The van der Waals surface area contributed by atoms with Gasteiger partial charge < -0.3 is 9.80 Å². The third-order valence-electron chi connectivity index (χ3n) is 17.0. The minimum absolute atomic E-state index is 0.00174. The van der Waals surface area contributed by atoms with E-state index in [-0.39, 0.29) is 39.2 Å². The molecule has 11 rings (SSSR count). The second-order valence-corrected chi connectivity index (χ2v) is 27.5. The van der Waals surface area contributed by atoms with Gasteiger partial charge in [-0.2, -0.15) is 0 Å². The highest BCUT2D eigenvalue weighted by Gasteiger charge is 2.47. The van der Waals surface area contributed by atoms with E-state index in [0.717, 1.165) is 6.42 Å². The van der Waals surface area contributed by atoms with Crippen LogP contribution >= 0.6 is 0 Å². The molecule has 0 amide bonds. The van der Waals surface area contributed by atoms with Crippen LogP contribution in [0.5, 0.6) is 0 Å². The van der Waals surface area contributed by atoms with Gasteiger partial charge in [0.2, 0.25) is 0 Å². The standard InChI is InChI=1S/C68H77BN2/c1-63(2,3)44-22-27-49(28-23-44)70-57-32-26-46(65(7,8)9)38-55(57)69-56-40-54-52(61-51-20-18-19-41(51)21-31-53(61)68(54,16)17)39-58(56)71(50-29-24-45(25-30-50)64(4,5)6)60-36-43(35-59(70)62(60)69)42-33-47(66(10,11)12)37-48(34-42)67(13,14)15/h21-40H,18-20H2,1-17H3. The zero-order chi connectivity index (χ0) is 50.7. The molecule has 0 fully saturated rings. The van der Waals surface area contributed by atoms with Crippen LogP contribution in [0.4, 0.5) is 34.1 Å². The normalized spacial score (nSPS) is 15.8. The molecule has 0 atom stereocenters. The topological polar surface area (TPSA) is 6.48 Å². The van der Waals surface area contributed by atoms with E-state index in [1.165, 1.54) is 130 Å². The zero-order valence-electron chi connectivity index (χ0n) is 46.1. The van der Waals surface area contributed by atoms with Crippen molar-refractivity contribution in [3.63, 3.8) is 0 Å². The van der Waals surface area contributed by atoms with Crippen molar-refractivity contribution < 1.29 is 0 Å². The Bertz CT molecular complexity index is 3280. The van der Waals surface area contributed by atoms with Gasteiger partial charge in [0.05, 0.1) is 0 Å². The molecule has 2 aliphatic heterocycles. The molecule has 3 heteroatoms. The number of rotatable bonds is 3. The van der Waals surface area contributed by atoms with E-state index in [4.69, 9.17) is 0 Å². The average Bonchev–Trinajstić information content (AvgIpc) is 3.86. The Morgan fingerprint density at radius 1 is 0.408 bits per heavy atom. The van der Waals surface area contributed by atoms with Gasteiger partial charge in [-0.15, -0.1) is 0 Å². The van der Waals surface area contributed by atoms with Crippen molar-refractivity contribution in [2.75, 3.05) is 9.80 Å². The van der Waals surface area contributed by atoms with E-state index >= 15 is 0 Å². The van der Waals surface area contributed by atoms with Crippen molar-refractivity contribution in [3.8, 4) is 22.3 Å². The van der Waals surface area contributed by atoms with Gasteiger partial charge in [0, 0.05) is 39.5 Å². The predicted octanol–water partition coefficient (Wildman–Crippen LogP) is 16.7. The molecule has 0 unspecified atom stereocenters. The van der Waals surface area contributed by atoms with E-state index in [9.17, 15) is 0 Å². The summed E-state index contributed by atoms with van der Waals surface area (Å²) in [5.41, 5.74) is 29.7. The largest absolute Gasteiger partial charge is 0.311 e. The summed E-state index contributed by atoms with van der Waals surface area (Å²) in [5, 5.41) is 0. The summed E-state index contributed by atoms with van der Waals surface area (Å²) < 4.78 is 0. The van der Waals surface area contributed by atoms with Crippen LogP contribution in [0.2, 0.25) is 0 Å². The lowest BCUT2D eigenvalue weighted by molar-refractivity contribution is 0.569. The Morgan fingerprint density at radius 2 is 0.887 bits per heavy atom. The summed E-state index contributed by atoms with van der Waals surface area (Å²) in [6.45, 7) is 40.2. The van der Waals surface area contributed by atoms with Gasteiger partial charge in [-0.05, 0) is 184 Å². The molecule has 2 nitrogen and oxygen atoms in total. The van der Waals surface area contributed by atoms with E-state index in [1.807, 2.05) is 0 Å². The number of benzene rings is 7. The summed E-state index contributed by atoms with van der Waals surface area (Å²) >= 11 is 0. The number of hydrogen-bond donors (Lipinski definition) is 0. The molecular formula is C68H77BN2. The predicted molar refractivity (Wildman–Crippen MR) is 309 cm³/mol. The number of hydrogen-bond acceptors (Lipinski definition) is 2. The van der Waals surface area contributed by atoms with E-state index in [1.54, 1.807) is 5.56 Å². The molecular weight excluding hydrogens is 856 g/mol. The lowest BCUT2D eigenvalue weighted by Crippen LogP contribution is -2.61. The number of aryl methyl sites for hydroxylation is 1. The van der Waals surface area contributed by atoms with Crippen molar-refractivity contribution in [1.82, 2.24) is 0 Å². The molecule has 2 aliphatic carbocycles. The van der Waals surface area contributed by atoms with Crippen molar-refractivity contribution in [2.24, 2.45) is 0 Å². The van der Waals surface area contributed by atoms with Crippen LogP contribution in [0.1, 0.15) is 174 Å². The number of anilines is 6. The molecule has 0 spiro atoms. The molecule has 362 valence electrons. The first-order valence-electron chi connectivity index (χ1n) is 26.7. The highest BCUT2D eigenvalue weighted by Crippen LogP contribution is 2.55. The smallest absolute Gasteiger partial charge is 0.252 e. The maximum Gasteiger partial charge on any atom is 0.252 e. The highest BCUT2D eigenvalue weighted by atomic mass is 15.2. The maximum atomic E-state index is 2.68. The third kappa shape index (κ3) is 7.65. The fourth-order valence-electron chi connectivity index (χ4n) is 12.5. The Kier molecular flexibility index (Phi) is 10.4.